The van der Waals surface area contributed by atoms with Crippen molar-refractivity contribution in [2.24, 2.45) is 0 Å². The number of aromatic hydroxyl groups is 2. The molecule has 2 aliphatic rings. The predicted octanol–water partition coefficient (Wildman–Crippen LogP) is 3.45. The highest BCUT2D eigenvalue weighted by Crippen LogP contribution is 2.60. The van der Waals surface area contributed by atoms with Crippen molar-refractivity contribution in [3.05, 3.63) is 69.8 Å². The summed E-state index contributed by atoms with van der Waals surface area (Å²) in [5.41, 5.74) is 13.8. The highest BCUT2D eigenvalue weighted by atomic mass is 16.6. The van der Waals surface area contributed by atoms with Crippen molar-refractivity contribution in [1.29, 1.82) is 0 Å². The van der Waals surface area contributed by atoms with Gasteiger partial charge in [0.25, 0.3) is 0 Å². The van der Waals surface area contributed by atoms with Crippen molar-refractivity contribution in [3.8, 4) is 23.0 Å². The fraction of sp³-hybridized carbons (Fsp3) is 0.136. The van der Waals surface area contributed by atoms with Crippen LogP contribution in [-0.2, 0) is 10.3 Å². The second-order valence-electron chi connectivity index (χ2n) is 7.35. The van der Waals surface area contributed by atoms with Crippen molar-refractivity contribution in [2.45, 2.75) is 19.4 Å². The maximum Gasteiger partial charge on any atom is 0.340 e. The minimum absolute atomic E-state index is 0.114. The van der Waals surface area contributed by atoms with Gasteiger partial charge in [0.15, 0.2) is 5.60 Å². The number of nitrogens with two attached hydrogens (primary N) is 2. The molecule has 0 atom stereocenters. The van der Waals surface area contributed by atoms with E-state index in [4.69, 9.17) is 20.9 Å². The molecule has 0 saturated heterocycles. The van der Waals surface area contributed by atoms with Gasteiger partial charge in [0.1, 0.15) is 23.0 Å². The van der Waals surface area contributed by atoms with Crippen molar-refractivity contribution in [1.82, 2.24) is 0 Å². The van der Waals surface area contributed by atoms with Crippen LogP contribution in [0.5, 0.6) is 23.0 Å². The Kier molecular flexibility index (Phi) is 3.18. The lowest BCUT2D eigenvalue weighted by Crippen LogP contribution is -2.34. The fourth-order valence-corrected chi connectivity index (χ4v) is 4.28. The van der Waals surface area contributed by atoms with Crippen LogP contribution in [0.25, 0.3) is 0 Å². The summed E-state index contributed by atoms with van der Waals surface area (Å²) in [6.07, 6.45) is 0. The zero-order valence-corrected chi connectivity index (χ0v) is 15.7. The van der Waals surface area contributed by atoms with E-state index in [1.165, 1.54) is 0 Å². The van der Waals surface area contributed by atoms with Gasteiger partial charge in [-0.3, -0.25) is 0 Å². The minimum atomic E-state index is -1.37. The number of hydrogen-bond acceptors (Lipinski definition) is 7. The first-order valence-electron chi connectivity index (χ1n) is 9.03. The average Bonchev–Trinajstić information content (AvgIpc) is 3.00. The second kappa shape index (κ2) is 5.35. The molecule has 0 amide bonds. The zero-order valence-electron chi connectivity index (χ0n) is 15.7. The molecule has 0 aliphatic carbocycles. The summed E-state index contributed by atoms with van der Waals surface area (Å²) in [7, 11) is 0. The number of rotatable bonds is 0. The lowest BCUT2D eigenvalue weighted by molar-refractivity contribution is 0.0223. The Morgan fingerprint density at radius 3 is 1.93 bits per heavy atom. The third-order valence-corrected chi connectivity index (χ3v) is 5.76. The number of carbonyl (C=O) groups excluding carboxylic acids is 1. The van der Waals surface area contributed by atoms with E-state index in [9.17, 15) is 15.0 Å². The van der Waals surface area contributed by atoms with E-state index in [1.54, 1.807) is 44.2 Å². The highest BCUT2D eigenvalue weighted by Gasteiger charge is 2.54. The van der Waals surface area contributed by atoms with Crippen LogP contribution in [-0.4, -0.2) is 16.2 Å². The van der Waals surface area contributed by atoms with Crippen molar-refractivity contribution < 1.29 is 24.5 Å². The van der Waals surface area contributed by atoms with E-state index in [1.807, 2.05) is 6.07 Å². The number of phenols is 2. The molecular weight excluding hydrogens is 372 g/mol. The standard InChI is InChI=1S/C22H18N2O5/c1-9-17(25)15(23)7-13-19(9)28-20-10(2)18(26)16(24)8-14(20)22(13)12-6-4-3-5-11(12)21(27)29-22/h3-8,25-26H,23-24H2,1-2H3. The van der Waals surface area contributed by atoms with Gasteiger partial charge in [-0.2, -0.15) is 0 Å². The van der Waals surface area contributed by atoms with E-state index < -0.39 is 11.6 Å². The normalized spacial score (nSPS) is 15.3. The molecule has 3 aromatic carbocycles. The van der Waals surface area contributed by atoms with Crippen molar-refractivity contribution in [2.75, 3.05) is 11.5 Å². The molecule has 146 valence electrons. The molecule has 0 unspecified atom stereocenters. The molecule has 0 aromatic heterocycles. The van der Waals surface area contributed by atoms with Gasteiger partial charge in [0, 0.05) is 16.7 Å². The average molecular weight is 390 g/mol. The van der Waals surface area contributed by atoms with Gasteiger partial charge < -0.3 is 31.2 Å². The molecule has 0 fully saturated rings. The van der Waals surface area contributed by atoms with Crippen LogP contribution in [0.3, 0.4) is 0 Å². The number of fused-ring (bicyclic) bond motifs is 6. The third-order valence-electron chi connectivity index (χ3n) is 5.76. The molecule has 7 nitrogen and oxygen atoms in total. The maximum atomic E-state index is 12.8. The summed E-state index contributed by atoms with van der Waals surface area (Å²) in [6.45, 7) is 3.33. The van der Waals surface area contributed by atoms with E-state index >= 15 is 0 Å². The summed E-state index contributed by atoms with van der Waals surface area (Å²) in [4.78, 5) is 12.8. The molecule has 2 aliphatic heterocycles. The van der Waals surface area contributed by atoms with E-state index in [2.05, 4.69) is 0 Å². The van der Waals surface area contributed by atoms with Gasteiger partial charge in [0.2, 0.25) is 0 Å². The van der Waals surface area contributed by atoms with Crippen LogP contribution in [0.1, 0.15) is 38.2 Å². The number of phenolic OH excluding ortho intramolecular Hbond substituents is 2. The van der Waals surface area contributed by atoms with Crippen LogP contribution in [0, 0.1) is 13.8 Å². The largest absolute Gasteiger partial charge is 0.505 e. The number of nitrogen functional groups attached to an aromatic ring is 2. The summed E-state index contributed by atoms with van der Waals surface area (Å²) in [5, 5.41) is 20.7. The lowest BCUT2D eigenvalue weighted by Gasteiger charge is -2.38. The van der Waals surface area contributed by atoms with Gasteiger partial charge in [-0.05, 0) is 32.0 Å². The third kappa shape index (κ3) is 1.94. The van der Waals surface area contributed by atoms with Gasteiger partial charge in [-0.15, -0.1) is 0 Å². The molecule has 5 rings (SSSR count). The SMILES string of the molecule is Cc1c(O)c(N)cc2c1Oc1c(cc(N)c(O)c1C)C21OC(=O)c2ccccc21. The fourth-order valence-electron chi connectivity index (χ4n) is 4.28. The van der Waals surface area contributed by atoms with Crippen LogP contribution < -0.4 is 16.2 Å². The first-order chi connectivity index (χ1) is 13.8. The number of anilines is 2. The van der Waals surface area contributed by atoms with Crippen LogP contribution in [0.15, 0.2) is 36.4 Å². The van der Waals surface area contributed by atoms with Gasteiger partial charge in [0.05, 0.1) is 28.1 Å². The number of benzene rings is 3. The van der Waals surface area contributed by atoms with Crippen molar-refractivity contribution in [3.63, 3.8) is 0 Å². The quantitative estimate of drug-likeness (QED) is 0.263. The van der Waals surface area contributed by atoms with Gasteiger partial charge >= 0.3 is 5.97 Å². The number of hydrogen-bond donors (Lipinski definition) is 4. The molecule has 7 heteroatoms. The molecule has 2 heterocycles. The Bertz CT molecular complexity index is 1190. The van der Waals surface area contributed by atoms with Crippen molar-refractivity contribution >= 4 is 17.3 Å². The summed E-state index contributed by atoms with van der Waals surface area (Å²) in [5.74, 6) is -0.0792. The smallest absolute Gasteiger partial charge is 0.340 e. The van der Waals surface area contributed by atoms with Crippen LogP contribution in [0.4, 0.5) is 11.4 Å². The molecule has 0 radical (unpaired) electrons. The lowest BCUT2D eigenvalue weighted by atomic mass is 9.76. The second-order valence-corrected chi connectivity index (χ2v) is 7.35. The van der Waals surface area contributed by atoms with E-state index in [-0.39, 0.29) is 22.9 Å². The molecule has 29 heavy (non-hydrogen) atoms. The number of carbonyl (C=O) groups is 1. The van der Waals surface area contributed by atoms with Gasteiger partial charge in [-0.1, -0.05) is 18.2 Å². The topological polar surface area (TPSA) is 128 Å². The molecular formula is C22H18N2O5. The maximum absolute atomic E-state index is 12.8. The Morgan fingerprint density at radius 1 is 0.862 bits per heavy atom. The van der Waals surface area contributed by atoms with E-state index in [0.29, 0.717) is 44.9 Å². The Labute approximate surface area is 166 Å². The Balaban J connectivity index is 1.99. The van der Waals surface area contributed by atoms with Crippen LogP contribution >= 0.6 is 0 Å². The monoisotopic (exact) mass is 390 g/mol. The number of ether oxygens (including phenoxy) is 2. The highest BCUT2D eigenvalue weighted by molar-refractivity contribution is 5.97. The zero-order chi connectivity index (χ0) is 20.7. The van der Waals surface area contributed by atoms with E-state index in [0.717, 1.165) is 0 Å². The van der Waals surface area contributed by atoms with Gasteiger partial charge in [-0.25, -0.2) is 4.79 Å². The predicted molar refractivity (Wildman–Crippen MR) is 106 cm³/mol. The first-order valence-corrected chi connectivity index (χ1v) is 9.03. The molecule has 0 bridgehead atoms. The van der Waals surface area contributed by atoms with Crippen LogP contribution in [0.2, 0.25) is 0 Å². The first kappa shape index (κ1) is 17.2. The summed E-state index contributed by atoms with van der Waals surface area (Å²) >= 11 is 0. The molecule has 3 aromatic rings. The molecule has 6 N–H and O–H groups in total. The Hall–Kier alpha value is -3.87. The number of esters is 1. The molecule has 0 saturated carbocycles. The molecule has 1 spiro atoms. The summed E-state index contributed by atoms with van der Waals surface area (Å²) < 4.78 is 12.1. The minimum Gasteiger partial charge on any atom is -0.505 e. The Morgan fingerprint density at radius 2 is 1.38 bits per heavy atom. The summed E-state index contributed by atoms with van der Waals surface area (Å²) in [6, 6.07) is 10.2.